The van der Waals surface area contributed by atoms with Crippen molar-refractivity contribution in [2.24, 2.45) is 0 Å². The summed E-state index contributed by atoms with van der Waals surface area (Å²) in [6, 6.07) is 10.9. The van der Waals surface area contributed by atoms with Crippen LogP contribution in [0.25, 0.3) is 0 Å². The Labute approximate surface area is 129 Å². The standard InChI is InChI=1S/C17H20N2OS/c1-18-10-14-6-4-3-5-13(14)9-16(18)11-19(2)17(20)15-7-8-21-12-15/h3-8,12,16H,9-11H2,1-2H3. The maximum absolute atomic E-state index is 12.3. The van der Waals surface area contributed by atoms with Crippen LogP contribution >= 0.6 is 11.3 Å². The Bertz CT molecular complexity index is 623. The quantitative estimate of drug-likeness (QED) is 0.870. The highest BCUT2D eigenvalue weighted by Gasteiger charge is 2.25. The number of likely N-dealkylation sites (N-methyl/N-ethyl adjacent to an activating group) is 2. The number of hydrogen-bond acceptors (Lipinski definition) is 3. The van der Waals surface area contributed by atoms with Gasteiger partial charge in [0.05, 0.1) is 5.56 Å². The molecule has 1 amide bonds. The second kappa shape index (κ2) is 6.00. The molecule has 0 bridgehead atoms. The molecule has 1 unspecified atom stereocenters. The van der Waals surface area contributed by atoms with Gasteiger partial charge < -0.3 is 4.90 Å². The highest BCUT2D eigenvalue weighted by atomic mass is 32.1. The van der Waals surface area contributed by atoms with Crippen molar-refractivity contribution >= 4 is 17.2 Å². The predicted octanol–water partition coefficient (Wildman–Crippen LogP) is 2.88. The van der Waals surface area contributed by atoms with Gasteiger partial charge in [-0.25, -0.2) is 0 Å². The predicted molar refractivity (Wildman–Crippen MR) is 86.7 cm³/mol. The van der Waals surface area contributed by atoms with Crippen molar-refractivity contribution < 1.29 is 4.79 Å². The van der Waals surface area contributed by atoms with Gasteiger partial charge in [0.15, 0.2) is 0 Å². The summed E-state index contributed by atoms with van der Waals surface area (Å²) in [5.41, 5.74) is 3.61. The lowest BCUT2D eigenvalue weighted by Gasteiger charge is -2.36. The molecule has 0 N–H and O–H groups in total. The molecule has 1 atom stereocenters. The highest BCUT2D eigenvalue weighted by Crippen LogP contribution is 2.22. The Kier molecular flexibility index (Phi) is 4.08. The van der Waals surface area contributed by atoms with E-state index < -0.39 is 0 Å². The van der Waals surface area contributed by atoms with Gasteiger partial charge in [-0.05, 0) is 36.0 Å². The van der Waals surface area contributed by atoms with Gasteiger partial charge in [0.25, 0.3) is 5.91 Å². The summed E-state index contributed by atoms with van der Waals surface area (Å²) in [7, 11) is 4.04. The lowest BCUT2D eigenvalue weighted by atomic mass is 9.94. The molecule has 0 radical (unpaired) electrons. The summed E-state index contributed by atoms with van der Waals surface area (Å²) in [5, 5.41) is 3.86. The molecule has 4 heteroatoms. The van der Waals surface area contributed by atoms with Crippen LogP contribution in [-0.4, -0.2) is 42.4 Å². The van der Waals surface area contributed by atoms with Crippen molar-refractivity contribution in [2.45, 2.75) is 19.0 Å². The van der Waals surface area contributed by atoms with Crippen LogP contribution in [0, 0.1) is 0 Å². The lowest BCUT2D eigenvalue weighted by Crippen LogP contribution is -2.46. The van der Waals surface area contributed by atoms with Crippen molar-refractivity contribution in [1.29, 1.82) is 0 Å². The third kappa shape index (κ3) is 3.01. The molecule has 0 spiro atoms. The van der Waals surface area contributed by atoms with Crippen molar-refractivity contribution in [3.63, 3.8) is 0 Å². The third-order valence-corrected chi connectivity index (χ3v) is 4.90. The Hall–Kier alpha value is -1.65. The van der Waals surface area contributed by atoms with Crippen molar-refractivity contribution in [2.75, 3.05) is 20.6 Å². The van der Waals surface area contributed by atoms with E-state index in [1.807, 2.05) is 28.8 Å². The Morgan fingerprint density at radius 1 is 1.33 bits per heavy atom. The number of benzene rings is 1. The minimum Gasteiger partial charge on any atom is -0.340 e. The SMILES string of the molecule is CN(CC1Cc2ccccc2CN1C)C(=O)c1ccsc1. The number of hydrogen-bond donors (Lipinski definition) is 0. The molecule has 0 saturated heterocycles. The van der Waals surface area contributed by atoms with Crippen LogP contribution in [0.5, 0.6) is 0 Å². The molecule has 2 heterocycles. The average molecular weight is 300 g/mol. The zero-order valence-corrected chi connectivity index (χ0v) is 13.3. The second-order valence-corrected chi connectivity index (χ2v) is 6.52. The number of thiophene rings is 1. The molecule has 3 rings (SSSR count). The zero-order chi connectivity index (χ0) is 14.8. The van der Waals surface area contributed by atoms with Gasteiger partial charge >= 0.3 is 0 Å². The summed E-state index contributed by atoms with van der Waals surface area (Å²) in [4.78, 5) is 16.5. The van der Waals surface area contributed by atoms with Gasteiger partial charge in [0.1, 0.15) is 0 Å². The fraction of sp³-hybridized carbons (Fsp3) is 0.353. The fourth-order valence-electron chi connectivity index (χ4n) is 2.93. The normalized spacial score (nSPS) is 18.3. The molecule has 1 aromatic heterocycles. The number of carbonyl (C=O) groups excluding carboxylic acids is 1. The van der Waals surface area contributed by atoms with Crippen molar-refractivity contribution in [1.82, 2.24) is 9.80 Å². The van der Waals surface area contributed by atoms with Gasteiger partial charge in [-0.2, -0.15) is 11.3 Å². The monoisotopic (exact) mass is 300 g/mol. The Balaban J connectivity index is 1.69. The van der Waals surface area contributed by atoms with E-state index in [0.717, 1.165) is 25.1 Å². The molecule has 1 aromatic carbocycles. The molecule has 0 aliphatic carbocycles. The Morgan fingerprint density at radius 2 is 2.10 bits per heavy atom. The van der Waals surface area contributed by atoms with E-state index in [9.17, 15) is 4.79 Å². The number of rotatable bonds is 3. The smallest absolute Gasteiger partial charge is 0.254 e. The largest absolute Gasteiger partial charge is 0.340 e. The first kappa shape index (κ1) is 14.3. The minimum absolute atomic E-state index is 0.114. The lowest BCUT2D eigenvalue weighted by molar-refractivity contribution is 0.0734. The molecular weight excluding hydrogens is 280 g/mol. The molecule has 2 aromatic rings. The fourth-order valence-corrected chi connectivity index (χ4v) is 3.56. The summed E-state index contributed by atoms with van der Waals surface area (Å²) in [5.74, 6) is 0.114. The second-order valence-electron chi connectivity index (χ2n) is 5.74. The average Bonchev–Trinajstić information content (AvgIpc) is 3.01. The van der Waals surface area contributed by atoms with Gasteiger partial charge in [0.2, 0.25) is 0 Å². The van der Waals surface area contributed by atoms with E-state index in [1.165, 1.54) is 11.1 Å². The van der Waals surface area contributed by atoms with Gasteiger partial charge in [0, 0.05) is 31.6 Å². The van der Waals surface area contributed by atoms with Crippen molar-refractivity contribution in [3.8, 4) is 0 Å². The van der Waals surface area contributed by atoms with E-state index in [2.05, 4.69) is 36.2 Å². The first-order chi connectivity index (χ1) is 10.1. The summed E-state index contributed by atoms with van der Waals surface area (Å²) < 4.78 is 0. The van der Waals surface area contributed by atoms with Crippen LogP contribution in [0.4, 0.5) is 0 Å². The van der Waals surface area contributed by atoms with E-state index in [-0.39, 0.29) is 5.91 Å². The van der Waals surface area contributed by atoms with Crippen LogP contribution in [0.1, 0.15) is 21.5 Å². The van der Waals surface area contributed by atoms with Crippen LogP contribution < -0.4 is 0 Å². The number of carbonyl (C=O) groups is 1. The number of amides is 1. The van der Waals surface area contributed by atoms with E-state index >= 15 is 0 Å². The van der Waals surface area contributed by atoms with Gasteiger partial charge in [-0.3, -0.25) is 9.69 Å². The minimum atomic E-state index is 0.114. The molecule has 0 saturated carbocycles. The van der Waals surface area contributed by atoms with E-state index in [4.69, 9.17) is 0 Å². The molecule has 3 nitrogen and oxygen atoms in total. The first-order valence-electron chi connectivity index (χ1n) is 7.20. The number of nitrogens with zero attached hydrogens (tertiary/aromatic N) is 2. The summed E-state index contributed by atoms with van der Waals surface area (Å²) in [6.45, 7) is 1.72. The van der Waals surface area contributed by atoms with Crippen molar-refractivity contribution in [3.05, 3.63) is 57.8 Å². The molecular formula is C17H20N2OS. The van der Waals surface area contributed by atoms with Gasteiger partial charge in [-0.15, -0.1) is 0 Å². The summed E-state index contributed by atoms with van der Waals surface area (Å²) >= 11 is 1.56. The molecule has 1 aliphatic heterocycles. The molecule has 1 aliphatic rings. The van der Waals surface area contributed by atoms with Crippen LogP contribution in [0.2, 0.25) is 0 Å². The van der Waals surface area contributed by atoms with E-state index in [1.54, 1.807) is 11.3 Å². The van der Waals surface area contributed by atoms with Crippen LogP contribution in [0.15, 0.2) is 41.1 Å². The number of fused-ring (bicyclic) bond motifs is 1. The first-order valence-corrected chi connectivity index (χ1v) is 8.14. The summed E-state index contributed by atoms with van der Waals surface area (Å²) in [6.07, 6.45) is 1.01. The van der Waals surface area contributed by atoms with E-state index in [0.29, 0.717) is 6.04 Å². The zero-order valence-electron chi connectivity index (χ0n) is 12.5. The molecule has 0 fully saturated rings. The molecule has 21 heavy (non-hydrogen) atoms. The highest BCUT2D eigenvalue weighted by molar-refractivity contribution is 7.08. The van der Waals surface area contributed by atoms with Crippen LogP contribution in [-0.2, 0) is 13.0 Å². The third-order valence-electron chi connectivity index (χ3n) is 4.22. The topological polar surface area (TPSA) is 23.6 Å². The van der Waals surface area contributed by atoms with Gasteiger partial charge in [-0.1, -0.05) is 24.3 Å². The Morgan fingerprint density at radius 3 is 2.81 bits per heavy atom. The molecule has 110 valence electrons. The maximum Gasteiger partial charge on any atom is 0.254 e. The van der Waals surface area contributed by atoms with Crippen LogP contribution in [0.3, 0.4) is 0 Å². The maximum atomic E-state index is 12.3.